The summed E-state index contributed by atoms with van der Waals surface area (Å²) in [7, 11) is 0. The van der Waals surface area contributed by atoms with Crippen LogP contribution < -0.4 is 5.32 Å². The third kappa shape index (κ3) is 7.36. The molecule has 0 amide bonds. The maximum Gasteiger partial charge on any atom is 0.134 e. The summed E-state index contributed by atoms with van der Waals surface area (Å²) in [5.74, 6) is 2.47. The first-order valence-corrected chi connectivity index (χ1v) is 7.77. The van der Waals surface area contributed by atoms with E-state index in [4.69, 9.17) is 11.6 Å². The number of hydrogen-bond donors (Lipinski definition) is 1. The second kappa shape index (κ2) is 9.13. The minimum atomic E-state index is 0.520. The molecule has 0 bridgehead atoms. The standard InChI is InChI=1S/C15H26ClN3/c1-4-14-18-13(16)11-15(19-14)17-10-8-6-5-7-9-12(2)3/h11-12H,4-10H2,1-3H3,(H,17,18,19). The molecule has 0 saturated heterocycles. The number of aromatic nitrogens is 2. The Morgan fingerprint density at radius 3 is 2.58 bits per heavy atom. The number of nitrogens with one attached hydrogen (secondary N) is 1. The molecule has 0 saturated carbocycles. The molecular formula is C15H26ClN3. The summed E-state index contributed by atoms with van der Waals surface area (Å²) in [6, 6.07) is 1.79. The summed E-state index contributed by atoms with van der Waals surface area (Å²) in [5.41, 5.74) is 0. The van der Waals surface area contributed by atoms with Crippen molar-refractivity contribution < 1.29 is 0 Å². The van der Waals surface area contributed by atoms with Crippen LogP contribution in [0.1, 0.15) is 58.7 Å². The molecule has 19 heavy (non-hydrogen) atoms. The smallest absolute Gasteiger partial charge is 0.134 e. The Hall–Kier alpha value is -0.830. The number of unbranched alkanes of at least 4 members (excludes halogenated alkanes) is 3. The van der Waals surface area contributed by atoms with Crippen molar-refractivity contribution in [3.8, 4) is 0 Å². The van der Waals surface area contributed by atoms with Crippen LogP contribution in [-0.4, -0.2) is 16.5 Å². The van der Waals surface area contributed by atoms with Gasteiger partial charge in [0.15, 0.2) is 0 Å². The van der Waals surface area contributed by atoms with Gasteiger partial charge in [0.1, 0.15) is 16.8 Å². The maximum atomic E-state index is 5.95. The van der Waals surface area contributed by atoms with Gasteiger partial charge >= 0.3 is 0 Å². The van der Waals surface area contributed by atoms with Gasteiger partial charge in [-0.05, 0) is 12.3 Å². The highest BCUT2D eigenvalue weighted by Gasteiger charge is 2.01. The number of halogens is 1. The van der Waals surface area contributed by atoms with E-state index >= 15 is 0 Å². The molecule has 0 aromatic carbocycles. The van der Waals surface area contributed by atoms with E-state index in [1.807, 2.05) is 6.92 Å². The van der Waals surface area contributed by atoms with Gasteiger partial charge < -0.3 is 5.32 Å². The van der Waals surface area contributed by atoms with Gasteiger partial charge in [-0.1, -0.05) is 58.1 Å². The summed E-state index contributed by atoms with van der Waals surface area (Å²) in [6.07, 6.45) is 7.28. The second-order valence-electron chi connectivity index (χ2n) is 5.37. The Bertz CT molecular complexity index is 366. The van der Waals surface area contributed by atoms with Crippen molar-refractivity contribution in [2.24, 2.45) is 5.92 Å². The summed E-state index contributed by atoms with van der Waals surface area (Å²) < 4.78 is 0. The maximum absolute atomic E-state index is 5.95. The van der Waals surface area contributed by atoms with Crippen molar-refractivity contribution in [3.05, 3.63) is 17.0 Å². The highest BCUT2D eigenvalue weighted by molar-refractivity contribution is 6.29. The van der Waals surface area contributed by atoms with Crippen molar-refractivity contribution >= 4 is 17.4 Å². The number of hydrogen-bond acceptors (Lipinski definition) is 3. The van der Waals surface area contributed by atoms with Crippen LogP contribution in [0, 0.1) is 5.92 Å². The summed E-state index contributed by atoms with van der Waals surface area (Å²) >= 11 is 5.95. The number of aryl methyl sites for hydroxylation is 1. The van der Waals surface area contributed by atoms with Crippen molar-refractivity contribution in [3.63, 3.8) is 0 Å². The molecule has 1 N–H and O–H groups in total. The lowest BCUT2D eigenvalue weighted by Crippen LogP contribution is -2.05. The van der Waals surface area contributed by atoms with Crippen LogP contribution in [0.2, 0.25) is 5.15 Å². The number of anilines is 1. The molecule has 0 aliphatic heterocycles. The fraction of sp³-hybridized carbons (Fsp3) is 0.733. The van der Waals surface area contributed by atoms with Crippen molar-refractivity contribution in [2.75, 3.05) is 11.9 Å². The Morgan fingerprint density at radius 2 is 1.89 bits per heavy atom. The molecule has 0 aliphatic carbocycles. The minimum Gasteiger partial charge on any atom is -0.370 e. The zero-order chi connectivity index (χ0) is 14.1. The second-order valence-corrected chi connectivity index (χ2v) is 5.76. The van der Waals surface area contributed by atoms with Gasteiger partial charge in [-0.15, -0.1) is 0 Å². The SMILES string of the molecule is CCc1nc(Cl)cc(NCCCCCCC(C)C)n1. The lowest BCUT2D eigenvalue weighted by molar-refractivity contribution is 0.523. The largest absolute Gasteiger partial charge is 0.370 e. The zero-order valence-corrected chi connectivity index (χ0v) is 13.1. The van der Waals surface area contributed by atoms with Crippen LogP contribution in [0.15, 0.2) is 6.07 Å². The van der Waals surface area contributed by atoms with E-state index in [0.717, 1.165) is 30.5 Å². The first-order chi connectivity index (χ1) is 9.11. The normalized spacial score (nSPS) is 11.0. The van der Waals surface area contributed by atoms with Gasteiger partial charge in [0, 0.05) is 19.0 Å². The predicted octanol–water partition coefficient (Wildman–Crippen LogP) is 4.71. The predicted molar refractivity (Wildman–Crippen MR) is 82.8 cm³/mol. The van der Waals surface area contributed by atoms with E-state index in [9.17, 15) is 0 Å². The molecule has 1 aromatic heterocycles. The van der Waals surface area contributed by atoms with Crippen molar-refractivity contribution in [2.45, 2.75) is 59.3 Å². The van der Waals surface area contributed by atoms with Crippen LogP contribution in [0.25, 0.3) is 0 Å². The van der Waals surface area contributed by atoms with Crippen LogP contribution in [0.5, 0.6) is 0 Å². The average Bonchev–Trinajstić information content (AvgIpc) is 2.36. The van der Waals surface area contributed by atoms with E-state index in [1.165, 1.54) is 32.1 Å². The molecule has 1 rings (SSSR count). The molecule has 0 aliphatic rings. The van der Waals surface area contributed by atoms with Crippen molar-refractivity contribution in [1.29, 1.82) is 0 Å². The third-order valence-corrected chi connectivity index (χ3v) is 3.27. The first kappa shape index (κ1) is 16.2. The molecule has 0 spiro atoms. The Labute approximate surface area is 122 Å². The highest BCUT2D eigenvalue weighted by atomic mass is 35.5. The van der Waals surface area contributed by atoms with Crippen LogP contribution >= 0.6 is 11.6 Å². The van der Waals surface area contributed by atoms with Gasteiger partial charge in [-0.2, -0.15) is 0 Å². The molecule has 0 fully saturated rings. The van der Waals surface area contributed by atoms with Gasteiger partial charge in [0.2, 0.25) is 0 Å². The number of rotatable bonds is 9. The molecule has 0 unspecified atom stereocenters. The summed E-state index contributed by atoms with van der Waals surface area (Å²) in [4.78, 5) is 8.55. The van der Waals surface area contributed by atoms with Crippen LogP contribution in [0.3, 0.4) is 0 Å². The molecule has 1 heterocycles. The van der Waals surface area contributed by atoms with E-state index in [2.05, 4.69) is 29.1 Å². The minimum absolute atomic E-state index is 0.520. The Balaban J connectivity index is 2.17. The fourth-order valence-corrected chi connectivity index (χ4v) is 2.16. The quantitative estimate of drug-likeness (QED) is 0.527. The molecule has 0 atom stereocenters. The average molecular weight is 284 g/mol. The van der Waals surface area contributed by atoms with Crippen molar-refractivity contribution in [1.82, 2.24) is 9.97 Å². The third-order valence-electron chi connectivity index (χ3n) is 3.07. The lowest BCUT2D eigenvalue weighted by atomic mass is 10.0. The highest BCUT2D eigenvalue weighted by Crippen LogP contribution is 2.13. The van der Waals surface area contributed by atoms with Gasteiger partial charge in [0.25, 0.3) is 0 Å². The Kier molecular flexibility index (Phi) is 7.80. The van der Waals surface area contributed by atoms with Gasteiger partial charge in [-0.3, -0.25) is 0 Å². The summed E-state index contributed by atoms with van der Waals surface area (Å²) in [6.45, 7) is 7.56. The van der Waals surface area contributed by atoms with E-state index < -0.39 is 0 Å². The van der Waals surface area contributed by atoms with Crippen LogP contribution in [-0.2, 0) is 6.42 Å². The van der Waals surface area contributed by atoms with Gasteiger partial charge in [-0.25, -0.2) is 9.97 Å². The fourth-order valence-electron chi connectivity index (χ4n) is 1.96. The molecule has 108 valence electrons. The van der Waals surface area contributed by atoms with E-state index in [1.54, 1.807) is 6.07 Å². The Morgan fingerprint density at radius 1 is 1.16 bits per heavy atom. The molecule has 3 nitrogen and oxygen atoms in total. The molecule has 4 heteroatoms. The summed E-state index contributed by atoms with van der Waals surface area (Å²) in [5, 5.41) is 3.84. The zero-order valence-electron chi connectivity index (χ0n) is 12.4. The van der Waals surface area contributed by atoms with Gasteiger partial charge in [0.05, 0.1) is 0 Å². The molecular weight excluding hydrogens is 258 g/mol. The molecule has 0 radical (unpaired) electrons. The monoisotopic (exact) mass is 283 g/mol. The van der Waals surface area contributed by atoms with E-state index in [0.29, 0.717) is 5.15 Å². The van der Waals surface area contributed by atoms with Crippen LogP contribution in [0.4, 0.5) is 5.82 Å². The first-order valence-electron chi connectivity index (χ1n) is 7.39. The lowest BCUT2D eigenvalue weighted by Gasteiger charge is -2.07. The molecule has 1 aromatic rings. The number of nitrogens with zero attached hydrogens (tertiary/aromatic N) is 2. The topological polar surface area (TPSA) is 37.8 Å². The van der Waals surface area contributed by atoms with E-state index in [-0.39, 0.29) is 0 Å².